The van der Waals surface area contributed by atoms with Gasteiger partial charge in [-0.3, -0.25) is 4.79 Å². The molecule has 1 N–H and O–H groups in total. The highest BCUT2D eigenvalue weighted by Gasteiger charge is 2.31. The number of aryl methyl sites for hydroxylation is 1. The number of rotatable bonds is 5. The van der Waals surface area contributed by atoms with Gasteiger partial charge in [0.25, 0.3) is 0 Å². The van der Waals surface area contributed by atoms with Crippen LogP contribution in [0.3, 0.4) is 0 Å². The van der Waals surface area contributed by atoms with Crippen LogP contribution in [0, 0.1) is 12.8 Å². The van der Waals surface area contributed by atoms with Gasteiger partial charge >= 0.3 is 6.03 Å². The average Bonchev–Trinajstić information content (AvgIpc) is 3.32. The van der Waals surface area contributed by atoms with Crippen LogP contribution in [0.1, 0.15) is 24.2 Å². The van der Waals surface area contributed by atoms with Crippen LogP contribution in [0.2, 0.25) is 0 Å². The van der Waals surface area contributed by atoms with Crippen molar-refractivity contribution in [3.8, 4) is 0 Å². The maximum Gasteiger partial charge on any atom is 0.321 e. The fraction of sp³-hybridized carbons (Fsp3) is 0.280. The second kappa shape index (κ2) is 9.51. The predicted octanol–water partition coefficient (Wildman–Crippen LogP) is 5.07. The van der Waals surface area contributed by atoms with Gasteiger partial charge in [0, 0.05) is 30.4 Å². The van der Waals surface area contributed by atoms with Crippen LogP contribution in [-0.4, -0.2) is 29.9 Å². The van der Waals surface area contributed by atoms with E-state index in [4.69, 9.17) is 4.42 Å². The lowest BCUT2D eigenvalue weighted by atomic mass is 9.95. The summed E-state index contributed by atoms with van der Waals surface area (Å²) in [6, 6.07) is 21.0. The SMILES string of the molecule is Cc1ccc(N(Cc2ccco2)C(=O)C2CCN(C(=O)Nc3ccccc3)CC2)cc1. The molecule has 4 rings (SSSR count). The normalized spacial score (nSPS) is 14.3. The van der Waals surface area contributed by atoms with Crippen LogP contribution in [-0.2, 0) is 11.3 Å². The first-order chi connectivity index (χ1) is 15.1. The molecule has 0 spiro atoms. The average molecular weight is 418 g/mol. The lowest BCUT2D eigenvalue weighted by Crippen LogP contribution is -2.45. The molecule has 160 valence electrons. The van der Waals surface area contributed by atoms with Crippen molar-refractivity contribution in [3.05, 3.63) is 84.3 Å². The summed E-state index contributed by atoms with van der Waals surface area (Å²) in [6.45, 7) is 3.53. The number of furan rings is 1. The minimum atomic E-state index is -0.128. The Labute approximate surface area is 182 Å². The standard InChI is InChI=1S/C25H27N3O3/c1-19-9-11-22(12-10-19)28(18-23-8-5-17-31-23)24(29)20-13-15-27(16-14-20)25(30)26-21-6-3-2-4-7-21/h2-12,17,20H,13-16,18H2,1H3,(H,26,30). The van der Waals surface area contributed by atoms with Gasteiger partial charge in [-0.1, -0.05) is 35.9 Å². The molecule has 0 bridgehead atoms. The Morgan fingerprint density at radius 2 is 1.71 bits per heavy atom. The fourth-order valence-corrected chi connectivity index (χ4v) is 3.85. The Bertz CT molecular complexity index is 992. The van der Waals surface area contributed by atoms with Crippen molar-refractivity contribution in [1.82, 2.24) is 4.90 Å². The molecule has 0 radical (unpaired) electrons. The van der Waals surface area contributed by atoms with E-state index in [0.717, 1.165) is 22.7 Å². The molecule has 0 atom stereocenters. The number of amides is 3. The Morgan fingerprint density at radius 3 is 2.35 bits per heavy atom. The second-order valence-electron chi connectivity index (χ2n) is 7.90. The molecule has 0 unspecified atom stereocenters. The van der Waals surface area contributed by atoms with E-state index < -0.39 is 0 Å². The zero-order chi connectivity index (χ0) is 21.6. The number of nitrogens with zero attached hydrogens (tertiary/aromatic N) is 2. The Balaban J connectivity index is 1.41. The van der Waals surface area contributed by atoms with Gasteiger partial charge in [-0.05, 0) is 56.2 Å². The number of hydrogen-bond acceptors (Lipinski definition) is 3. The largest absolute Gasteiger partial charge is 0.467 e. The number of carbonyl (C=O) groups is 2. The molecule has 3 amide bonds. The van der Waals surface area contributed by atoms with E-state index in [1.165, 1.54) is 0 Å². The summed E-state index contributed by atoms with van der Waals surface area (Å²) in [5.74, 6) is 0.689. The number of carbonyl (C=O) groups excluding carboxylic acids is 2. The van der Waals surface area contributed by atoms with Crippen LogP contribution in [0.15, 0.2) is 77.4 Å². The van der Waals surface area contributed by atoms with Crippen molar-refractivity contribution in [2.75, 3.05) is 23.3 Å². The van der Waals surface area contributed by atoms with E-state index in [1.807, 2.05) is 73.7 Å². The number of nitrogens with one attached hydrogen (secondary N) is 1. The first kappa shape index (κ1) is 20.7. The first-order valence-corrected chi connectivity index (χ1v) is 10.6. The van der Waals surface area contributed by atoms with Crippen molar-refractivity contribution in [2.24, 2.45) is 5.92 Å². The van der Waals surface area contributed by atoms with E-state index in [9.17, 15) is 9.59 Å². The molecule has 1 aliphatic heterocycles. The molecule has 3 aromatic rings. The molecule has 6 heteroatoms. The number of piperidine rings is 1. The summed E-state index contributed by atoms with van der Waals surface area (Å²) in [5.41, 5.74) is 2.78. The van der Waals surface area contributed by atoms with Crippen molar-refractivity contribution in [2.45, 2.75) is 26.3 Å². The molecule has 0 aliphatic carbocycles. The van der Waals surface area contributed by atoms with Gasteiger partial charge in [0.15, 0.2) is 0 Å². The number of hydrogen-bond donors (Lipinski definition) is 1. The number of benzene rings is 2. The first-order valence-electron chi connectivity index (χ1n) is 10.6. The molecule has 1 fully saturated rings. The van der Waals surface area contributed by atoms with Gasteiger partial charge in [0.2, 0.25) is 5.91 Å². The summed E-state index contributed by atoms with van der Waals surface area (Å²) in [4.78, 5) is 29.6. The predicted molar refractivity (Wildman–Crippen MR) is 121 cm³/mol. The third kappa shape index (κ3) is 5.15. The lowest BCUT2D eigenvalue weighted by molar-refractivity contribution is -0.123. The zero-order valence-electron chi connectivity index (χ0n) is 17.7. The minimum absolute atomic E-state index is 0.0726. The number of urea groups is 1. The Kier molecular flexibility index (Phi) is 6.36. The third-order valence-corrected chi connectivity index (χ3v) is 5.66. The molecular formula is C25H27N3O3. The molecule has 1 aliphatic rings. The molecule has 1 aromatic heterocycles. The molecule has 2 aromatic carbocycles. The number of para-hydroxylation sites is 1. The van der Waals surface area contributed by atoms with E-state index in [-0.39, 0.29) is 17.9 Å². The maximum absolute atomic E-state index is 13.4. The fourth-order valence-electron chi connectivity index (χ4n) is 3.85. The molecule has 6 nitrogen and oxygen atoms in total. The van der Waals surface area contributed by atoms with Gasteiger partial charge in [-0.15, -0.1) is 0 Å². The van der Waals surface area contributed by atoms with Gasteiger partial charge in [0.05, 0.1) is 12.8 Å². The van der Waals surface area contributed by atoms with Crippen LogP contribution < -0.4 is 10.2 Å². The molecule has 1 saturated heterocycles. The molecule has 2 heterocycles. The van der Waals surface area contributed by atoms with E-state index in [2.05, 4.69) is 5.32 Å². The highest BCUT2D eigenvalue weighted by molar-refractivity contribution is 5.95. The lowest BCUT2D eigenvalue weighted by Gasteiger charge is -2.34. The zero-order valence-corrected chi connectivity index (χ0v) is 17.7. The highest BCUT2D eigenvalue weighted by Crippen LogP contribution is 2.26. The second-order valence-corrected chi connectivity index (χ2v) is 7.90. The summed E-state index contributed by atoms with van der Waals surface area (Å²) in [6.07, 6.45) is 2.90. The van der Waals surface area contributed by atoms with Crippen LogP contribution in [0.4, 0.5) is 16.2 Å². The van der Waals surface area contributed by atoms with E-state index >= 15 is 0 Å². The minimum Gasteiger partial charge on any atom is -0.467 e. The third-order valence-electron chi connectivity index (χ3n) is 5.66. The van der Waals surface area contributed by atoms with Gasteiger partial charge in [-0.2, -0.15) is 0 Å². The topological polar surface area (TPSA) is 65.8 Å². The van der Waals surface area contributed by atoms with Crippen LogP contribution in [0.5, 0.6) is 0 Å². The summed E-state index contributed by atoms with van der Waals surface area (Å²) < 4.78 is 5.50. The molecule has 0 saturated carbocycles. The number of anilines is 2. The quantitative estimate of drug-likeness (QED) is 0.631. The maximum atomic E-state index is 13.4. The van der Waals surface area contributed by atoms with Gasteiger partial charge < -0.3 is 19.5 Å². The van der Waals surface area contributed by atoms with Crippen molar-refractivity contribution >= 4 is 23.3 Å². The van der Waals surface area contributed by atoms with Crippen LogP contribution >= 0.6 is 0 Å². The van der Waals surface area contributed by atoms with E-state index in [1.54, 1.807) is 16.1 Å². The highest BCUT2D eigenvalue weighted by atomic mass is 16.3. The summed E-state index contributed by atoms with van der Waals surface area (Å²) in [5, 5.41) is 2.92. The van der Waals surface area contributed by atoms with Crippen LogP contribution in [0.25, 0.3) is 0 Å². The number of likely N-dealkylation sites (tertiary alicyclic amines) is 1. The van der Waals surface area contributed by atoms with Crippen molar-refractivity contribution < 1.29 is 14.0 Å². The summed E-state index contributed by atoms with van der Waals surface area (Å²) >= 11 is 0. The smallest absolute Gasteiger partial charge is 0.321 e. The monoisotopic (exact) mass is 417 g/mol. The van der Waals surface area contributed by atoms with Gasteiger partial charge in [0.1, 0.15) is 5.76 Å². The Morgan fingerprint density at radius 1 is 1.00 bits per heavy atom. The Hall–Kier alpha value is -3.54. The molecule has 31 heavy (non-hydrogen) atoms. The van der Waals surface area contributed by atoms with Crippen molar-refractivity contribution in [1.29, 1.82) is 0 Å². The van der Waals surface area contributed by atoms with E-state index in [0.29, 0.717) is 32.5 Å². The summed E-state index contributed by atoms with van der Waals surface area (Å²) in [7, 11) is 0. The molecular weight excluding hydrogens is 390 g/mol. The van der Waals surface area contributed by atoms with Crippen molar-refractivity contribution in [3.63, 3.8) is 0 Å². The van der Waals surface area contributed by atoms with Gasteiger partial charge in [-0.25, -0.2) is 4.79 Å².